The molecule has 0 atom stereocenters. The van der Waals surface area contributed by atoms with Gasteiger partial charge in [0.05, 0.1) is 12.1 Å². The summed E-state index contributed by atoms with van der Waals surface area (Å²) in [6.07, 6.45) is 1.98. The van der Waals surface area contributed by atoms with Crippen LogP contribution in [-0.4, -0.2) is 24.4 Å². The standard InChI is InChI=1S/C13H15FN2O2/c1-8-2-5-11(14)10(6-8)13(18)15-7-12(17)16-9-3-4-9/h2,5-6,9H,3-4,7H2,1H3,(H,15,18)(H,16,17). The van der Waals surface area contributed by atoms with E-state index in [2.05, 4.69) is 10.6 Å². The minimum Gasteiger partial charge on any atom is -0.352 e. The minimum atomic E-state index is -0.583. The van der Waals surface area contributed by atoms with Gasteiger partial charge in [-0.05, 0) is 31.9 Å². The fraction of sp³-hybridized carbons (Fsp3) is 0.385. The molecule has 18 heavy (non-hydrogen) atoms. The molecule has 1 saturated carbocycles. The smallest absolute Gasteiger partial charge is 0.254 e. The van der Waals surface area contributed by atoms with E-state index >= 15 is 0 Å². The lowest BCUT2D eigenvalue weighted by Gasteiger charge is -2.07. The second kappa shape index (κ2) is 5.16. The molecule has 0 radical (unpaired) electrons. The summed E-state index contributed by atoms with van der Waals surface area (Å²) in [7, 11) is 0. The van der Waals surface area contributed by atoms with Crippen LogP contribution in [0, 0.1) is 12.7 Å². The number of carbonyl (C=O) groups excluding carboxylic acids is 2. The van der Waals surface area contributed by atoms with Gasteiger partial charge < -0.3 is 10.6 Å². The molecular formula is C13H15FN2O2. The number of hydrogen-bond acceptors (Lipinski definition) is 2. The van der Waals surface area contributed by atoms with Crippen LogP contribution in [0.2, 0.25) is 0 Å². The maximum absolute atomic E-state index is 13.4. The van der Waals surface area contributed by atoms with E-state index in [1.165, 1.54) is 12.1 Å². The molecule has 0 unspecified atom stereocenters. The van der Waals surface area contributed by atoms with Crippen LogP contribution in [-0.2, 0) is 4.79 Å². The number of benzene rings is 1. The van der Waals surface area contributed by atoms with Gasteiger partial charge in [-0.3, -0.25) is 9.59 Å². The van der Waals surface area contributed by atoms with Gasteiger partial charge in [0.15, 0.2) is 0 Å². The summed E-state index contributed by atoms with van der Waals surface area (Å²) in [5, 5.41) is 5.15. The van der Waals surface area contributed by atoms with E-state index in [0.717, 1.165) is 18.4 Å². The van der Waals surface area contributed by atoms with Crippen molar-refractivity contribution in [2.75, 3.05) is 6.54 Å². The van der Waals surface area contributed by atoms with Crippen LogP contribution in [0.1, 0.15) is 28.8 Å². The van der Waals surface area contributed by atoms with Crippen LogP contribution in [0.5, 0.6) is 0 Å². The van der Waals surface area contributed by atoms with Gasteiger partial charge in [-0.1, -0.05) is 11.6 Å². The van der Waals surface area contributed by atoms with E-state index in [9.17, 15) is 14.0 Å². The van der Waals surface area contributed by atoms with Gasteiger partial charge in [0.2, 0.25) is 5.91 Å². The average molecular weight is 250 g/mol. The zero-order valence-corrected chi connectivity index (χ0v) is 10.1. The molecule has 0 bridgehead atoms. The van der Waals surface area contributed by atoms with Crippen molar-refractivity contribution < 1.29 is 14.0 Å². The van der Waals surface area contributed by atoms with Crippen molar-refractivity contribution in [1.82, 2.24) is 10.6 Å². The van der Waals surface area contributed by atoms with Crippen molar-refractivity contribution in [3.63, 3.8) is 0 Å². The number of carbonyl (C=O) groups is 2. The molecular weight excluding hydrogens is 235 g/mol. The van der Waals surface area contributed by atoms with Crippen molar-refractivity contribution in [2.45, 2.75) is 25.8 Å². The first-order valence-corrected chi connectivity index (χ1v) is 5.90. The highest BCUT2D eigenvalue weighted by Crippen LogP contribution is 2.18. The highest BCUT2D eigenvalue weighted by atomic mass is 19.1. The topological polar surface area (TPSA) is 58.2 Å². The van der Waals surface area contributed by atoms with Crippen molar-refractivity contribution in [2.24, 2.45) is 0 Å². The van der Waals surface area contributed by atoms with E-state index in [-0.39, 0.29) is 24.1 Å². The fourth-order valence-electron chi connectivity index (χ4n) is 1.58. The Morgan fingerprint density at radius 2 is 2.11 bits per heavy atom. The number of hydrogen-bond donors (Lipinski definition) is 2. The Bertz CT molecular complexity index is 484. The van der Waals surface area contributed by atoms with E-state index in [1.807, 2.05) is 0 Å². The summed E-state index contributed by atoms with van der Waals surface area (Å²) < 4.78 is 13.4. The predicted octanol–water partition coefficient (Wildman–Crippen LogP) is 1.14. The first kappa shape index (κ1) is 12.5. The highest BCUT2D eigenvalue weighted by molar-refractivity contribution is 5.96. The number of amides is 2. The molecule has 0 heterocycles. The SMILES string of the molecule is Cc1ccc(F)c(C(=O)NCC(=O)NC2CC2)c1. The Morgan fingerprint density at radius 1 is 1.39 bits per heavy atom. The van der Waals surface area contributed by atoms with Crippen LogP contribution < -0.4 is 10.6 Å². The van der Waals surface area contributed by atoms with E-state index in [0.29, 0.717) is 0 Å². The second-order valence-corrected chi connectivity index (χ2v) is 4.51. The van der Waals surface area contributed by atoms with Gasteiger partial charge in [-0.25, -0.2) is 4.39 Å². The van der Waals surface area contributed by atoms with Crippen LogP contribution in [0.25, 0.3) is 0 Å². The first-order chi connectivity index (χ1) is 8.56. The Labute approximate surface area is 105 Å². The molecule has 0 aromatic heterocycles. The van der Waals surface area contributed by atoms with Crippen LogP contribution >= 0.6 is 0 Å². The molecule has 1 aliphatic carbocycles. The molecule has 1 fully saturated rings. The molecule has 2 N–H and O–H groups in total. The summed E-state index contributed by atoms with van der Waals surface area (Å²) in [6, 6.07) is 4.55. The number of aryl methyl sites for hydroxylation is 1. The maximum Gasteiger partial charge on any atom is 0.254 e. The molecule has 2 amide bonds. The summed E-state index contributed by atoms with van der Waals surface area (Å²) in [6.45, 7) is 1.65. The van der Waals surface area contributed by atoms with E-state index in [1.54, 1.807) is 13.0 Å². The Morgan fingerprint density at radius 3 is 2.78 bits per heavy atom. The Kier molecular flexibility index (Phi) is 3.60. The van der Waals surface area contributed by atoms with Crippen molar-refractivity contribution in [3.8, 4) is 0 Å². The Hall–Kier alpha value is -1.91. The second-order valence-electron chi connectivity index (χ2n) is 4.51. The molecule has 0 aliphatic heterocycles. The average Bonchev–Trinajstić information content (AvgIpc) is 3.13. The molecule has 96 valence electrons. The fourth-order valence-corrected chi connectivity index (χ4v) is 1.58. The third-order valence-corrected chi connectivity index (χ3v) is 2.72. The van der Waals surface area contributed by atoms with Crippen molar-refractivity contribution in [3.05, 3.63) is 35.1 Å². The van der Waals surface area contributed by atoms with Gasteiger partial charge in [0.25, 0.3) is 5.91 Å². The lowest BCUT2D eigenvalue weighted by atomic mass is 10.1. The molecule has 1 aliphatic rings. The van der Waals surface area contributed by atoms with Gasteiger partial charge >= 0.3 is 0 Å². The lowest BCUT2D eigenvalue weighted by molar-refractivity contribution is -0.120. The molecule has 5 heteroatoms. The molecule has 4 nitrogen and oxygen atoms in total. The van der Waals surface area contributed by atoms with Crippen LogP contribution in [0.15, 0.2) is 18.2 Å². The summed E-state index contributed by atoms with van der Waals surface area (Å²) in [5.74, 6) is -1.39. The zero-order chi connectivity index (χ0) is 13.1. The molecule has 2 rings (SSSR count). The number of nitrogens with one attached hydrogen (secondary N) is 2. The first-order valence-electron chi connectivity index (χ1n) is 5.90. The normalized spacial score (nSPS) is 14.1. The number of halogens is 1. The highest BCUT2D eigenvalue weighted by Gasteiger charge is 2.23. The van der Waals surface area contributed by atoms with Crippen molar-refractivity contribution in [1.29, 1.82) is 0 Å². The lowest BCUT2D eigenvalue weighted by Crippen LogP contribution is -2.38. The molecule has 0 saturated heterocycles. The zero-order valence-electron chi connectivity index (χ0n) is 10.1. The molecule has 1 aromatic carbocycles. The van der Waals surface area contributed by atoms with E-state index < -0.39 is 11.7 Å². The van der Waals surface area contributed by atoms with Crippen molar-refractivity contribution >= 4 is 11.8 Å². The Balaban J connectivity index is 1.90. The quantitative estimate of drug-likeness (QED) is 0.842. The third kappa shape index (κ3) is 3.29. The van der Waals surface area contributed by atoms with Gasteiger partial charge in [0, 0.05) is 6.04 Å². The minimum absolute atomic E-state index is 0.0331. The summed E-state index contributed by atoms with van der Waals surface area (Å²) in [4.78, 5) is 23.1. The number of rotatable bonds is 4. The third-order valence-electron chi connectivity index (χ3n) is 2.72. The van der Waals surface area contributed by atoms with Gasteiger partial charge in [0.1, 0.15) is 5.82 Å². The predicted molar refractivity (Wildman–Crippen MR) is 64.6 cm³/mol. The van der Waals surface area contributed by atoms with Gasteiger partial charge in [-0.15, -0.1) is 0 Å². The van der Waals surface area contributed by atoms with Crippen LogP contribution in [0.3, 0.4) is 0 Å². The maximum atomic E-state index is 13.4. The molecule has 1 aromatic rings. The van der Waals surface area contributed by atoms with Gasteiger partial charge in [-0.2, -0.15) is 0 Å². The largest absolute Gasteiger partial charge is 0.352 e. The molecule has 0 spiro atoms. The van der Waals surface area contributed by atoms with Crippen LogP contribution in [0.4, 0.5) is 4.39 Å². The summed E-state index contributed by atoms with van der Waals surface area (Å²) >= 11 is 0. The summed E-state index contributed by atoms with van der Waals surface area (Å²) in [5.41, 5.74) is 0.762. The van der Waals surface area contributed by atoms with E-state index in [4.69, 9.17) is 0 Å². The monoisotopic (exact) mass is 250 g/mol.